The largest absolute Gasteiger partial charge is 0.492 e. The van der Waals surface area contributed by atoms with Crippen LogP contribution < -0.4 is 4.74 Å². The van der Waals surface area contributed by atoms with Crippen LogP contribution in [-0.2, 0) is 12.8 Å². The fraction of sp³-hybridized carbons (Fsp3) is 0.391. The van der Waals surface area contributed by atoms with Crippen LogP contribution >= 0.6 is 0 Å². The molecule has 0 spiro atoms. The van der Waals surface area contributed by atoms with E-state index >= 15 is 0 Å². The van der Waals surface area contributed by atoms with Gasteiger partial charge < -0.3 is 9.64 Å². The highest BCUT2D eigenvalue weighted by Crippen LogP contribution is 2.29. The third kappa shape index (κ3) is 4.05. The number of amides is 1. The molecule has 4 rings (SSSR count). The Morgan fingerprint density at radius 2 is 2.11 bits per heavy atom. The van der Waals surface area contributed by atoms with Gasteiger partial charge in [-0.2, -0.15) is 0 Å². The quantitative estimate of drug-likeness (QED) is 0.775. The van der Waals surface area contributed by atoms with Gasteiger partial charge in [0.1, 0.15) is 11.4 Å². The van der Waals surface area contributed by atoms with Crippen LogP contribution in [0.1, 0.15) is 46.4 Å². The van der Waals surface area contributed by atoms with Crippen LogP contribution in [0.3, 0.4) is 0 Å². The second kappa shape index (κ2) is 7.55. The summed E-state index contributed by atoms with van der Waals surface area (Å²) in [5.41, 5.74) is 4.34. The number of carbonyl (C=O) groups excluding carboxylic acids is 1. The van der Waals surface area contributed by atoms with Gasteiger partial charge >= 0.3 is 0 Å². The van der Waals surface area contributed by atoms with Gasteiger partial charge in [0.25, 0.3) is 5.91 Å². The van der Waals surface area contributed by atoms with Gasteiger partial charge in [0, 0.05) is 13.1 Å². The van der Waals surface area contributed by atoms with Gasteiger partial charge in [0.2, 0.25) is 0 Å². The van der Waals surface area contributed by atoms with E-state index in [1.54, 1.807) is 12.3 Å². The van der Waals surface area contributed by atoms with E-state index < -0.39 is 0 Å². The molecule has 0 bridgehead atoms. The first-order chi connectivity index (χ1) is 13.1. The Kier molecular flexibility index (Phi) is 4.97. The number of benzene rings is 1. The maximum absolute atomic E-state index is 12.9. The predicted octanol–water partition coefficient (Wildman–Crippen LogP) is 4.14. The van der Waals surface area contributed by atoms with E-state index in [0.717, 1.165) is 37.2 Å². The van der Waals surface area contributed by atoms with Gasteiger partial charge in [0.15, 0.2) is 0 Å². The van der Waals surface area contributed by atoms with E-state index in [0.29, 0.717) is 11.6 Å². The average molecular weight is 362 g/mol. The number of carbonyl (C=O) groups is 1. The fourth-order valence-corrected chi connectivity index (χ4v) is 3.65. The molecule has 140 valence electrons. The Morgan fingerprint density at radius 3 is 2.81 bits per heavy atom. The summed E-state index contributed by atoms with van der Waals surface area (Å²) in [7, 11) is 1.88. The van der Waals surface area contributed by atoms with Crippen LogP contribution in [-0.4, -0.2) is 35.5 Å². The van der Waals surface area contributed by atoms with Crippen LogP contribution in [0.4, 0.5) is 0 Å². The normalized spacial score (nSPS) is 18.5. The van der Waals surface area contributed by atoms with Crippen molar-refractivity contribution in [3.05, 3.63) is 65.5 Å². The Morgan fingerprint density at radius 1 is 1.26 bits per heavy atom. The maximum atomic E-state index is 12.9. The topological polar surface area (TPSA) is 42.4 Å². The number of aryl methyl sites for hydroxylation is 1. The third-order valence-electron chi connectivity index (χ3n) is 5.67. The van der Waals surface area contributed by atoms with Crippen LogP contribution in [0.2, 0.25) is 0 Å². The van der Waals surface area contributed by atoms with E-state index in [1.165, 1.54) is 24.0 Å². The molecule has 1 aromatic heterocycles. The number of aromatic nitrogens is 1. The molecular weight excluding hydrogens is 336 g/mol. The van der Waals surface area contributed by atoms with Crippen molar-refractivity contribution < 1.29 is 9.53 Å². The van der Waals surface area contributed by atoms with Crippen LogP contribution in [0.5, 0.6) is 5.75 Å². The molecule has 0 aliphatic heterocycles. The number of fused-ring (bicyclic) bond motifs is 1. The molecule has 1 unspecified atom stereocenters. The van der Waals surface area contributed by atoms with Crippen molar-refractivity contribution in [1.82, 2.24) is 9.88 Å². The smallest absolute Gasteiger partial charge is 0.272 e. The average Bonchev–Trinajstić information content (AvgIpc) is 3.55. The Labute approximate surface area is 160 Å². The molecule has 2 aromatic rings. The monoisotopic (exact) mass is 362 g/mol. The van der Waals surface area contributed by atoms with Gasteiger partial charge in [-0.25, -0.2) is 4.98 Å². The van der Waals surface area contributed by atoms with E-state index in [1.807, 2.05) is 24.1 Å². The lowest BCUT2D eigenvalue weighted by atomic mass is 9.86. The summed E-state index contributed by atoms with van der Waals surface area (Å²) in [5, 5.41) is 0. The first-order valence-electron chi connectivity index (χ1n) is 9.74. The lowest BCUT2D eigenvalue weighted by molar-refractivity contribution is 0.0713. The summed E-state index contributed by atoms with van der Waals surface area (Å²) in [5.74, 6) is 1.42. The van der Waals surface area contributed by atoms with Crippen molar-refractivity contribution >= 4 is 12.0 Å². The van der Waals surface area contributed by atoms with Crippen molar-refractivity contribution in [2.24, 2.45) is 5.92 Å². The molecule has 27 heavy (non-hydrogen) atoms. The SMILES string of the molecule is C=Cc1ccc2c(c1)CCC(N(C)C(=O)c1ccc(OCC3CC3)cn1)C2. The molecular formula is C23H26N2O2. The minimum Gasteiger partial charge on any atom is -0.492 e. The van der Waals surface area contributed by atoms with Crippen molar-refractivity contribution in [1.29, 1.82) is 0 Å². The molecule has 4 nitrogen and oxygen atoms in total. The highest BCUT2D eigenvalue weighted by Gasteiger charge is 2.26. The van der Waals surface area contributed by atoms with E-state index in [9.17, 15) is 4.79 Å². The molecule has 1 atom stereocenters. The summed E-state index contributed by atoms with van der Waals surface area (Å²) in [4.78, 5) is 19.0. The van der Waals surface area contributed by atoms with Crippen molar-refractivity contribution in [2.45, 2.75) is 38.1 Å². The molecule has 2 aliphatic carbocycles. The predicted molar refractivity (Wildman–Crippen MR) is 107 cm³/mol. The third-order valence-corrected chi connectivity index (χ3v) is 5.67. The highest BCUT2D eigenvalue weighted by atomic mass is 16.5. The van der Waals surface area contributed by atoms with Gasteiger partial charge in [-0.1, -0.05) is 30.9 Å². The molecule has 4 heteroatoms. The standard InChI is InChI=1S/C23H26N2O2/c1-3-16-6-7-19-13-20(9-8-18(19)12-16)25(2)23(26)22-11-10-21(14-24-22)27-15-17-4-5-17/h3,6-7,10-12,14,17,20H,1,4-5,8-9,13,15H2,2H3. The second-order valence-electron chi connectivity index (χ2n) is 7.68. The number of nitrogens with zero attached hydrogens (tertiary/aromatic N) is 2. The minimum atomic E-state index is -0.0279. The molecule has 0 N–H and O–H groups in total. The molecule has 1 aromatic carbocycles. The maximum Gasteiger partial charge on any atom is 0.272 e. The summed E-state index contributed by atoms with van der Waals surface area (Å²) in [6, 6.07) is 10.3. The molecule has 0 radical (unpaired) electrons. The molecule has 1 fully saturated rings. The van der Waals surface area contributed by atoms with Gasteiger partial charge in [-0.15, -0.1) is 0 Å². The second-order valence-corrected chi connectivity index (χ2v) is 7.68. The van der Waals surface area contributed by atoms with Crippen molar-refractivity contribution in [3.63, 3.8) is 0 Å². The van der Waals surface area contributed by atoms with E-state index in [-0.39, 0.29) is 11.9 Å². The van der Waals surface area contributed by atoms with Gasteiger partial charge in [-0.05, 0) is 66.8 Å². The van der Waals surface area contributed by atoms with Gasteiger partial charge in [0.05, 0.1) is 12.8 Å². The first-order valence-corrected chi connectivity index (χ1v) is 9.74. The van der Waals surface area contributed by atoms with E-state index in [2.05, 4.69) is 29.8 Å². The first kappa shape index (κ1) is 17.8. The fourth-order valence-electron chi connectivity index (χ4n) is 3.65. The number of pyridine rings is 1. The zero-order valence-electron chi connectivity index (χ0n) is 15.9. The summed E-state index contributed by atoms with van der Waals surface area (Å²) >= 11 is 0. The van der Waals surface area contributed by atoms with Crippen molar-refractivity contribution in [2.75, 3.05) is 13.7 Å². The zero-order valence-corrected chi connectivity index (χ0v) is 15.9. The molecule has 1 amide bonds. The highest BCUT2D eigenvalue weighted by molar-refractivity contribution is 5.92. The minimum absolute atomic E-state index is 0.0279. The molecule has 0 saturated heterocycles. The van der Waals surface area contributed by atoms with E-state index in [4.69, 9.17) is 4.74 Å². The molecule has 2 aliphatic rings. The van der Waals surface area contributed by atoms with Crippen molar-refractivity contribution in [3.8, 4) is 5.75 Å². The summed E-state index contributed by atoms with van der Waals surface area (Å²) in [6.45, 7) is 4.59. The Hall–Kier alpha value is -2.62. The number of hydrogen-bond acceptors (Lipinski definition) is 3. The van der Waals surface area contributed by atoms with Crippen LogP contribution in [0.15, 0.2) is 43.1 Å². The number of hydrogen-bond donors (Lipinski definition) is 0. The number of likely N-dealkylation sites (N-methyl/N-ethyl adjacent to an activating group) is 1. The zero-order chi connectivity index (χ0) is 18.8. The Balaban J connectivity index is 1.40. The Bertz CT molecular complexity index is 840. The molecule has 1 heterocycles. The molecule has 1 saturated carbocycles. The lowest BCUT2D eigenvalue weighted by Gasteiger charge is -2.32. The van der Waals surface area contributed by atoms with Crippen LogP contribution in [0, 0.1) is 5.92 Å². The lowest BCUT2D eigenvalue weighted by Crippen LogP contribution is -2.41. The number of ether oxygens (including phenoxy) is 1. The van der Waals surface area contributed by atoms with Gasteiger partial charge in [-0.3, -0.25) is 4.79 Å². The summed E-state index contributed by atoms with van der Waals surface area (Å²) in [6.07, 6.45) is 8.90. The summed E-state index contributed by atoms with van der Waals surface area (Å²) < 4.78 is 5.70. The van der Waals surface area contributed by atoms with Crippen LogP contribution in [0.25, 0.3) is 6.08 Å². The number of rotatable bonds is 6.